The van der Waals surface area contributed by atoms with Crippen LogP contribution in [0.5, 0.6) is 0 Å². The summed E-state index contributed by atoms with van der Waals surface area (Å²) in [6.45, 7) is -0.590. The third-order valence-corrected chi connectivity index (χ3v) is 6.04. The van der Waals surface area contributed by atoms with E-state index >= 15 is 0 Å². The molecule has 11 nitrogen and oxygen atoms in total. The molecule has 0 saturated heterocycles. The lowest BCUT2D eigenvalue weighted by Gasteiger charge is -2.15. The molecule has 11 heteroatoms. The van der Waals surface area contributed by atoms with E-state index in [1.807, 2.05) is 60.7 Å². The van der Waals surface area contributed by atoms with E-state index in [1.54, 1.807) is 12.1 Å². The van der Waals surface area contributed by atoms with E-state index in [2.05, 4.69) is 25.4 Å². The van der Waals surface area contributed by atoms with Crippen LogP contribution >= 0.6 is 0 Å². The molecule has 0 aliphatic rings. The van der Waals surface area contributed by atoms with Gasteiger partial charge in [0.2, 0.25) is 11.7 Å². The monoisotopic (exact) mass is 495 g/mol. The fourth-order valence-corrected chi connectivity index (χ4v) is 4.27. The highest BCUT2D eigenvalue weighted by atomic mass is 16.5. The molecule has 0 fully saturated rings. The number of hydrogen-bond donors (Lipinski definition) is 2. The van der Waals surface area contributed by atoms with Crippen LogP contribution in [-0.4, -0.2) is 57.6 Å². The van der Waals surface area contributed by atoms with Crippen molar-refractivity contribution in [3.63, 3.8) is 0 Å². The van der Waals surface area contributed by atoms with Gasteiger partial charge in [0.05, 0.1) is 19.3 Å². The minimum atomic E-state index is -1.14. The summed E-state index contributed by atoms with van der Waals surface area (Å²) >= 11 is 0. The summed E-state index contributed by atoms with van der Waals surface area (Å²) in [4.78, 5) is 22.5. The standard InChI is InChI=1S/C26H21N7O4/c34-15-18(35)13-32-24(17-8-2-1-3-9-17)28-25-22(26(32)36)29-31-33(25)14-21-27-23(30-37-21)20-12-6-10-16-7-4-5-11-19(16)20/h1-12,18,34-35H,13-15H2. The topological polar surface area (TPSA) is 145 Å². The van der Waals surface area contributed by atoms with Crippen LogP contribution in [0.15, 0.2) is 82.1 Å². The minimum absolute atomic E-state index is 0.0265. The number of aliphatic hydroxyl groups excluding tert-OH is 2. The van der Waals surface area contributed by atoms with Crippen molar-refractivity contribution in [1.82, 2.24) is 34.7 Å². The Morgan fingerprint density at radius 3 is 2.57 bits per heavy atom. The molecule has 3 aromatic heterocycles. The van der Waals surface area contributed by atoms with Crippen LogP contribution in [0.1, 0.15) is 5.89 Å². The number of benzene rings is 3. The first kappa shape index (κ1) is 22.7. The SMILES string of the molecule is O=c1c2nnn(Cc3nc(-c4cccc5ccccc45)no3)c2nc(-c2ccccc2)n1CC(O)CO. The van der Waals surface area contributed by atoms with E-state index < -0.39 is 18.3 Å². The summed E-state index contributed by atoms with van der Waals surface area (Å²) in [5, 5.41) is 33.7. The van der Waals surface area contributed by atoms with Crippen molar-refractivity contribution >= 4 is 21.9 Å². The Bertz CT molecular complexity index is 1770. The molecule has 0 radical (unpaired) electrons. The average molecular weight is 495 g/mol. The van der Waals surface area contributed by atoms with Crippen LogP contribution in [0, 0.1) is 0 Å². The first-order valence-electron chi connectivity index (χ1n) is 11.6. The quantitative estimate of drug-likeness (QED) is 0.341. The van der Waals surface area contributed by atoms with Crippen molar-refractivity contribution in [3.05, 3.63) is 89.0 Å². The zero-order valence-electron chi connectivity index (χ0n) is 19.5. The predicted molar refractivity (Wildman–Crippen MR) is 134 cm³/mol. The maximum absolute atomic E-state index is 13.3. The van der Waals surface area contributed by atoms with Gasteiger partial charge in [0.1, 0.15) is 12.4 Å². The normalized spacial score (nSPS) is 12.4. The van der Waals surface area contributed by atoms with Crippen LogP contribution < -0.4 is 5.56 Å². The number of hydrogen-bond acceptors (Lipinski definition) is 9. The minimum Gasteiger partial charge on any atom is -0.394 e. The van der Waals surface area contributed by atoms with Crippen LogP contribution in [-0.2, 0) is 13.1 Å². The van der Waals surface area contributed by atoms with E-state index in [4.69, 9.17) is 4.52 Å². The predicted octanol–water partition coefficient (Wildman–Crippen LogP) is 2.26. The Balaban J connectivity index is 1.41. The van der Waals surface area contributed by atoms with Gasteiger partial charge in [-0.25, -0.2) is 9.67 Å². The summed E-state index contributed by atoms with van der Waals surface area (Å²) in [5.74, 6) is 1.03. The highest BCUT2D eigenvalue weighted by Gasteiger charge is 2.21. The van der Waals surface area contributed by atoms with Crippen molar-refractivity contribution in [2.24, 2.45) is 0 Å². The van der Waals surface area contributed by atoms with Gasteiger partial charge in [0.15, 0.2) is 11.2 Å². The maximum atomic E-state index is 13.3. The van der Waals surface area contributed by atoms with E-state index in [0.717, 1.165) is 16.3 Å². The van der Waals surface area contributed by atoms with Gasteiger partial charge in [-0.1, -0.05) is 83.2 Å². The third-order valence-electron chi connectivity index (χ3n) is 6.04. The van der Waals surface area contributed by atoms with Crippen LogP contribution in [0.25, 0.3) is 44.7 Å². The average Bonchev–Trinajstić information content (AvgIpc) is 3.57. The molecule has 0 amide bonds. The molecule has 0 spiro atoms. The molecule has 0 bridgehead atoms. The van der Waals surface area contributed by atoms with Crippen molar-refractivity contribution in [2.75, 3.05) is 6.61 Å². The lowest BCUT2D eigenvalue weighted by Crippen LogP contribution is -2.31. The van der Waals surface area contributed by atoms with Gasteiger partial charge >= 0.3 is 0 Å². The molecule has 0 aliphatic carbocycles. The first-order valence-corrected chi connectivity index (χ1v) is 11.6. The number of aromatic nitrogens is 7. The van der Waals surface area contributed by atoms with Gasteiger partial charge in [-0.3, -0.25) is 9.36 Å². The lowest BCUT2D eigenvalue weighted by atomic mass is 10.0. The van der Waals surface area contributed by atoms with Gasteiger partial charge < -0.3 is 14.7 Å². The molecule has 1 unspecified atom stereocenters. The van der Waals surface area contributed by atoms with E-state index in [0.29, 0.717) is 17.2 Å². The number of fused-ring (bicyclic) bond motifs is 2. The molecular weight excluding hydrogens is 474 g/mol. The molecule has 3 heterocycles. The molecule has 1 atom stereocenters. The summed E-state index contributed by atoms with van der Waals surface area (Å²) in [6.07, 6.45) is -1.14. The largest absolute Gasteiger partial charge is 0.394 e. The van der Waals surface area contributed by atoms with Gasteiger partial charge in [-0.05, 0) is 10.8 Å². The fraction of sp³-hybridized carbons (Fsp3) is 0.154. The summed E-state index contributed by atoms with van der Waals surface area (Å²) in [7, 11) is 0. The van der Waals surface area contributed by atoms with Crippen LogP contribution in [0.2, 0.25) is 0 Å². The molecular formula is C26H21N7O4. The van der Waals surface area contributed by atoms with Gasteiger partial charge in [0.25, 0.3) is 5.56 Å². The zero-order chi connectivity index (χ0) is 25.4. The van der Waals surface area contributed by atoms with Crippen LogP contribution in [0.3, 0.4) is 0 Å². The maximum Gasteiger partial charge on any atom is 0.284 e. The Hall–Kier alpha value is -4.74. The third kappa shape index (κ3) is 4.15. The zero-order valence-corrected chi connectivity index (χ0v) is 19.5. The second kappa shape index (κ2) is 9.37. The molecule has 6 rings (SSSR count). The number of aliphatic hydroxyl groups is 2. The second-order valence-corrected chi connectivity index (χ2v) is 8.51. The van der Waals surface area contributed by atoms with E-state index in [1.165, 1.54) is 9.25 Å². The molecule has 3 aromatic carbocycles. The van der Waals surface area contributed by atoms with Crippen molar-refractivity contribution in [3.8, 4) is 22.8 Å². The summed E-state index contributed by atoms with van der Waals surface area (Å²) < 4.78 is 8.23. The number of nitrogens with zero attached hydrogens (tertiary/aromatic N) is 7. The molecule has 2 N–H and O–H groups in total. The molecule has 0 aliphatic heterocycles. The summed E-state index contributed by atoms with van der Waals surface area (Å²) in [5.41, 5.74) is 1.29. The highest BCUT2D eigenvalue weighted by molar-refractivity contribution is 5.94. The van der Waals surface area contributed by atoms with Crippen molar-refractivity contribution in [1.29, 1.82) is 0 Å². The molecule has 37 heavy (non-hydrogen) atoms. The Morgan fingerprint density at radius 2 is 1.73 bits per heavy atom. The fourth-order valence-electron chi connectivity index (χ4n) is 4.27. The smallest absolute Gasteiger partial charge is 0.284 e. The first-order chi connectivity index (χ1) is 18.1. The van der Waals surface area contributed by atoms with Crippen LogP contribution in [0.4, 0.5) is 0 Å². The Labute approximate surface area is 209 Å². The Morgan fingerprint density at radius 1 is 0.946 bits per heavy atom. The molecule has 6 aromatic rings. The Kier molecular flexibility index (Phi) is 5.75. The van der Waals surface area contributed by atoms with Gasteiger partial charge in [-0.15, -0.1) is 5.10 Å². The highest BCUT2D eigenvalue weighted by Crippen LogP contribution is 2.26. The summed E-state index contributed by atoms with van der Waals surface area (Å²) in [6, 6.07) is 22.9. The molecule has 0 saturated carbocycles. The molecule has 184 valence electrons. The van der Waals surface area contributed by atoms with Gasteiger partial charge in [0, 0.05) is 11.1 Å². The van der Waals surface area contributed by atoms with Crippen molar-refractivity contribution in [2.45, 2.75) is 19.2 Å². The van der Waals surface area contributed by atoms with E-state index in [-0.39, 0.29) is 30.1 Å². The van der Waals surface area contributed by atoms with Crippen molar-refractivity contribution < 1.29 is 14.7 Å². The van der Waals surface area contributed by atoms with Gasteiger partial charge in [-0.2, -0.15) is 4.98 Å². The second-order valence-electron chi connectivity index (χ2n) is 8.51. The van der Waals surface area contributed by atoms with E-state index in [9.17, 15) is 15.0 Å². The number of rotatable bonds is 7. The lowest BCUT2D eigenvalue weighted by molar-refractivity contribution is 0.0807.